The number of hydrogen-bond donors (Lipinski definition) is 0. The van der Waals surface area contributed by atoms with E-state index in [9.17, 15) is 12.8 Å². The molecule has 0 N–H and O–H groups in total. The maximum absolute atomic E-state index is 14.6. The van der Waals surface area contributed by atoms with Crippen LogP contribution in [0.15, 0.2) is 59.5 Å². The van der Waals surface area contributed by atoms with Gasteiger partial charge >= 0.3 is 0 Å². The van der Waals surface area contributed by atoms with Crippen molar-refractivity contribution in [3.05, 3.63) is 82.1 Å². The highest BCUT2D eigenvalue weighted by atomic mass is 35.5. The van der Waals surface area contributed by atoms with E-state index in [-0.39, 0.29) is 16.5 Å². The Balaban J connectivity index is 1.82. The maximum atomic E-state index is 14.6. The Morgan fingerprint density at radius 1 is 1.14 bits per heavy atom. The van der Waals surface area contributed by atoms with Gasteiger partial charge < -0.3 is 13.9 Å². The molecule has 0 fully saturated rings. The second kappa shape index (κ2) is 12.3. The van der Waals surface area contributed by atoms with E-state index in [1.54, 1.807) is 55.5 Å². The van der Waals surface area contributed by atoms with E-state index < -0.39 is 36.3 Å². The Hall–Kier alpha value is -2.85. The van der Waals surface area contributed by atoms with Crippen LogP contribution in [0.4, 0.5) is 10.1 Å². The lowest BCUT2D eigenvalue weighted by atomic mass is 10.0. The number of methoxy groups -OCH3 is 1. The number of aryl methyl sites for hydroxylation is 1. The molecule has 1 aliphatic rings. The van der Waals surface area contributed by atoms with Crippen LogP contribution in [-0.4, -0.2) is 42.6 Å². The Bertz CT molecular complexity index is 1630. The summed E-state index contributed by atoms with van der Waals surface area (Å²) in [5, 5.41) is 0.276. The van der Waals surface area contributed by atoms with Crippen LogP contribution in [0.3, 0.4) is 0 Å². The molecule has 0 saturated heterocycles. The lowest BCUT2D eigenvalue weighted by Gasteiger charge is -2.43. The standard InChI is InChI=1S/C33H41ClFNO5SSi/c1-21-13-15-25(19-30(21)39-7)42(37,38)36-23(3)31(20-40-43(8,9)33(4,5)6)41-29-16-14-24(18-28(29)36)17-22(2)32-26(34)11-10-12-27(32)35/h10-19,23,31H,20H2,1-9H3. The monoisotopic (exact) mass is 645 g/mol. The van der Waals surface area contributed by atoms with Crippen molar-refractivity contribution in [3.63, 3.8) is 0 Å². The van der Waals surface area contributed by atoms with Crippen LogP contribution in [0.1, 0.15) is 51.3 Å². The van der Waals surface area contributed by atoms with Crippen LogP contribution in [-0.2, 0) is 14.4 Å². The molecule has 232 valence electrons. The summed E-state index contributed by atoms with van der Waals surface area (Å²) in [4.78, 5) is 0.106. The molecule has 2 atom stereocenters. The van der Waals surface area contributed by atoms with Crippen LogP contribution in [0.5, 0.6) is 11.5 Å². The predicted octanol–water partition coefficient (Wildman–Crippen LogP) is 8.72. The summed E-state index contributed by atoms with van der Waals surface area (Å²) in [5.41, 5.74) is 2.78. The fourth-order valence-corrected chi connectivity index (χ4v) is 7.85. The number of anilines is 1. The van der Waals surface area contributed by atoms with Crippen molar-refractivity contribution in [2.24, 2.45) is 0 Å². The summed E-state index contributed by atoms with van der Waals surface area (Å²) in [6.45, 7) is 16.5. The number of ether oxygens (including phenoxy) is 2. The molecule has 3 aromatic rings. The number of halogens is 2. The molecule has 0 amide bonds. The number of rotatable bonds is 8. The summed E-state index contributed by atoms with van der Waals surface area (Å²) in [6, 6.07) is 14.1. The number of nitrogens with zero attached hydrogens (tertiary/aromatic N) is 1. The largest absolute Gasteiger partial charge is 0.496 e. The van der Waals surface area contributed by atoms with Gasteiger partial charge in [0.05, 0.1) is 35.4 Å². The van der Waals surface area contributed by atoms with E-state index in [1.165, 1.54) is 17.5 Å². The first-order valence-corrected chi connectivity index (χ1v) is 19.0. The van der Waals surface area contributed by atoms with Gasteiger partial charge in [0.15, 0.2) is 8.32 Å². The fourth-order valence-electron chi connectivity index (χ4n) is 4.83. The molecule has 43 heavy (non-hydrogen) atoms. The number of benzene rings is 3. The van der Waals surface area contributed by atoms with Crippen LogP contribution < -0.4 is 13.8 Å². The molecule has 10 heteroatoms. The van der Waals surface area contributed by atoms with Gasteiger partial charge in [-0.15, -0.1) is 0 Å². The smallest absolute Gasteiger partial charge is 0.264 e. The molecule has 1 aliphatic heterocycles. The first-order valence-electron chi connectivity index (χ1n) is 14.2. The minimum Gasteiger partial charge on any atom is -0.496 e. The third-order valence-corrected chi connectivity index (χ3v) is 15.2. The van der Waals surface area contributed by atoms with Gasteiger partial charge in [0.2, 0.25) is 0 Å². The predicted molar refractivity (Wildman–Crippen MR) is 176 cm³/mol. The highest BCUT2D eigenvalue weighted by molar-refractivity contribution is 7.92. The first-order chi connectivity index (χ1) is 20.0. The molecule has 1 heterocycles. The zero-order chi connectivity index (χ0) is 31.9. The lowest BCUT2D eigenvalue weighted by molar-refractivity contribution is 0.0969. The quantitative estimate of drug-likeness (QED) is 0.181. The third kappa shape index (κ3) is 6.65. The van der Waals surface area contributed by atoms with Crippen LogP contribution in [0.2, 0.25) is 23.2 Å². The molecular weight excluding hydrogens is 605 g/mol. The normalized spacial score (nSPS) is 17.8. The van der Waals surface area contributed by atoms with Gasteiger partial charge in [-0.2, -0.15) is 0 Å². The van der Waals surface area contributed by atoms with Gasteiger partial charge in [-0.25, -0.2) is 12.8 Å². The van der Waals surface area contributed by atoms with Gasteiger partial charge in [-0.3, -0.25) is 4.31 Å². The first kappa shape index (κ1) is 33.0. The Labute approximate surface area is 261 Å². The van der Waals surface area contributed by atoms with Crippen LogP contribution >= 0.6 is 11.6 Å². The van der Waals surface area contributed by atoms with E-state index in [0.717, 1.165) is 5.56 Å². The number of hydrogen-bond acceptors (Lipinski definition) is 5. The molecular formula is C33H41ClFNO5SSi. The van der Waals surface area contributed by atoms with Crippen LogP contribution in [0.25, 0.3) is 11.6 Å². The average Bonchev–Trinajstić information content (AvgIpc) is 2.91. The van der Waals surface area contributed by atoms with Gasteiger partial charge in [-0.05, 0) is 85.9 Å². The SMILES string of the molecule is COc1cc(S(=O)(=O)N2c3cc(C=C(C)c4c(F)cccc4Cl)ccc3OC(CO[Si](C)(C)C(C)(C)C)C2C)ccc1C. The number of sulfonamides is 1. The van der Waals surface area contributed by atoms with Crippen molar-refractivity contribution < 1.29 is 26.7 Å². The number of allylic oxidation sites excluding steroid dienone is 1. The zero-order valence-electron chi connectivity index (χ0n) is 26.3. The summed E-state index contributed by atoms with van der Waals surface area (Å²) < 4.78 is 63.2. The Morgan fingerprint density at radius 3 is 2.47 bits per heavy atom. The zero-order valence-corrected chi connectivity index (χ0v) is 28.9. The maximum Gasteiger partial charge on any atom is 0.264 e. The van der Waals surface area contributed by atoms with E-state index in [2.05, 4.69) is 33.9 Å². The van der Waals surface area contributed by atoms with Crippen molar-refractivity contribution in [3.8, 4) is 11.5 Å². The molecule has 2 unspecified atom stereocenters. The Morgan fingerprint density at radius 2 is 1.84 bits per heavy atom. The summed E-state index contributed by atoms with van der Waals surface area (Å²) >= 11 is 6.31. The minimum absolute atomic E-state index is 0.0206. The molecule has 6 nitrogen and oxygen atoms in total. The number of fused-ring (bicyclic) bond motifs is 1. The van der Waals surface area contributed by atoms with Crippen molar-refractivity contribution in [2.75, 3.05) is 18.0 Å². The summed E-state index contributed by atoms with van der Waals surface area (Å²) in [7, 11) is -4.70. The van der Waals surface area contributed by atoms with Crippen molar-refractivity contribution in [1.29, 1.82) is 0 Å². The third-order valence-electron chi connectivity index (χ3n) is 8.50. The molecule has 0 radical (unpaired) electrons. The average molecular weight is 646 g/mol. The highest BCUT2D eigenvalue weighted by Gasteiger charge is 2.43. The van der Waals surface area contributed by atoms with Gasteiger partial charge in [0, 0.05) is 11.6 Å². The molecule has 0 bridgehead atoms. The highest BCUT2D eigenvalue weighted by Crippen LogP contribution is 2.43. The molecule has 0 saturated carbocycles. The van der Waals surface area contributed by atoms with Crippen LogP contribution in [0, 0.1) is 12.7 Å². The molecule has 0 spiro atoms. The van der Waals surface area contributed by atoms with Crippen molar-refractivity contribution in [1.82, 2.24) is 0 Å². The minimum atomic E-state index is -4.07. The second-order valence-electron chi connectivity index (χ2n) is 12.6. The molecule has 0 aromatic heterocycles. The summed E-state index contributed by atoms with van der Waals surface area (Å²) in [6.07, 6.45) is 1.23. The van der Waals surface area contributed by atoms with E-state index in [4.69, 9.17) is 25.5 Å². The second-order valence-corrected chi connectivity index (χ2v) is 19.6. The van der Waals surface area contributed by atoms with Gasteiger partial charge in [0.1, 0.15) is 23.4 Å². The van der Waals surface area contributed by atoms with Gasteiger partial charge in [0.25, 0.3) is 10.0 Å². The topological polar surface area (TPSA) is 65.1 Å². The summed E-state index contributed by atoms with van der Waals surface area (Å²) in [5.74, 6) is 0.468. The molecule has 4 rings (SSSR count). The van der Waals surface area contributed by atoms with E-state index in [1.807, 2.05) is 19.9 Å². The lowest BCUT2D eigenvalue weighted by Crippen LogP contribution is -2.54. The Kier molecular flexibility index (Phi) is 9.43. The molecule has 0 aliphatic carbocycles. The van der Waals surface area contributed by atoms with Crippen molar-refractivity contribution in [2.45, 2.75) is 76.7 Å². The van der Waals surface area contributed by atoms with Gasteiger partial charge in [-0.1, -0.05) is 56.6 Å². The van der Waals surface area contributed by atoms with E-state index >= 15 is 0 Å². The fraction of sp³-hybridized carbons (Fsp3) is 0.394. The van der Waals surface area contributed by atoms with E-state index in [0.29, 0.717) is 38.9 Å². The molecule has 3 aromatic carbocycles. The van der Waals surface area contributed by atoms with Crippen molar-refractivity contribution >= 4 is 47.3 Å².